The van der Waals surface area contributed by atoms with Gasteiger partial charge in [-0.05, 0) is 31.9 Å². The number of hydrogen-bond donors (Lipinski definition) is 2. The van der Waals surface area contributed by atoms with Crippen molar-refractivity contribution in [3.8, 4) is 0 Å². The number of hydrogen-bond acceptors (Lipinski definition) is 4. The maximum atomic E-state index is 10.7. The Balaban J connectivity index is 2.10. The Bertz CT molecular complexity index is 373. The molecule has 17 heavy (non-hydrogen) atoms. The zero-order valence-corrected chi connectivity index (χ0v) is 10.4. The molecule has 4 heteroatoms. The second-order valence-electron chi connectivity index (χ2n) is 4.81. The van der Waals surface area contributed by atoms with Gasteiger partial charge in [0.2, 0.25) is 0 Å². The molecule has 3 N–H and O–H groups in total. The van der Waals surface area contributed by atoms with Crippen molar-refractivity contribution in [2.45, 2.75) is 31.8 Å². The van der Waals surface area contributed by atoms with Crippen molar-refractivity contribution in [1.29, 1.82) is 0 Å². The number of likely N-dealkylation sites (tertiary alicyclic amines) is 1. The maximum absolute atomic E-state index is 10.7. The largest absolute Gasteiger partial charge is 0.385 e. The van der Waals surface area contributed by atoms with Crippen LogP contribution in [0.4, 0.5) is 5.82 Å². The second-order valence-corrected chi connectivity index (χ2v) is 4.81. The van der Waals surface area contributed by atoms with Gasteiger partial charge in [-0.25, -0.2) is 4.98 Å². The molecule has 0 bridgehead atoms. The van der Waals surface area contributed by atoms with Crippen molar-refractivity contribution in [3.63, 3.8) is 0 Å². The van der Waals surface area contributed by atoms with Crippen molar-refractivity contribution in [2.24, 2.45) is 0 Å². The van der Waals surface area contributed by atoms with Crippen LogP contribution in [0.2, 0.25) is 0 Å². The van der Waals surface area contributed by atoms with Gasteiger partial charge in [-0.2, -0.15) is 0 Å². The number of pyridine rings is 1. The summed E-state index contributed by atoms with van der Waals surface area (Å²) in [5, 5.41) is 10.7. The number of nitrogens with two attached hydrogens (primary N) is 1. The molecule has 0 radical (unpaired) electrons. The third-order valence-electron chi connectivity index (χ3n) is 3.56. The molecule has 0 saturated carbocycles. The monoisotopic (exact) mass is 235 g/mol. The zero-order chi connectivity index (χ0) is 12.3. The van der Waals surface area contributed by atoms with Gasteiger partial charge in [-0.1, -0.05) is 13.0 Å². The molecule has 2 heterocycles. The van der Waals surface area contributed by atoms with Crippen molar-refractivity contribution < 1.29 is 5.11 Å². The molecule has 0 amide bonds. The highest BCUT2D eigenvalue weighted by Crippen LogP contribution is 2.34. The van der Waals surface area contributed by atoms with Crippen LogP contribution < -0.4 is 5.73 Å². The van der Waals surface area contributed by atoms with E-state index in [1.54, 1.807) is 6.20 Å². The van der Waals surface area contributed by atoms with Gasteiger partial charge in [-0.15, -0.1) is 0 Å². The molecule has 2 rings (SSSR count). The molecule has 0 aliphatic carbocycles. The van der Waals surface area contributed by atoms with E-state index in [0.29, 0.717) is 5.82 Å². The minimum atomic E-state index is -0.789. The average Bonchev–Trinajstić information content (AvgIpc) is 2.33. The normalized spacial score (nSPS) is 20.4. The van der Waals surface area contributed by atoms with Crippen LogP contribution in [-0.2, 0) is 5.60 Å². The number of rotatable bonds is 3. The van der Waals surface area contributed by atoms with Crippen LogP contribution in [0.15, 0.2) is 18.3 Å². The first kappa shape index (κ1) is 12.3. The van der Waals surface area contributed by atoms with Crippen molar-refractivity contribution in [3.05, 3.63) is 23.9 Å². The molecular formula is C13H21N3O. The summed E-state index contributed by atoms with van der Waals surface area (Å²) in [5.74, 6) is 0.457. The number of anilines is 1. The summed E-state index contributed by atoms with van der Waals surface area (Å²) in [7, 11) is 0. The summed E-state index contributed by atoms with van der Waals surface area (Å²) in [6, 6.07) is 3.72. The SMILES string of the molecule is CCCN1CCC(O)(c2cccnc2N)CC1. The van der Waals surface area contributed by atoms with Crippen LogP contribution >= 0.6 is 0 Å². The molecule has 1 aromatic heterocycles. The molecule has 1 aliphatic rings. The topological polar surface area (TPSA) is 62.4 Å². The zero-order valence-electron chi connectivity index (χ0n) is 10.4. The lowest BCUT2D eigenvalue weighted by Gasteiger charge is -2.38. The fourth-order valence-corrected chi connectivity index (χ4v) is 2.54. The van der Waals surface area contributed by atoms with Crippen molar-refractivity contribution in [1.82, 2.24) is 9.88 Å². The quantitative estimate of drug-likeness (QED) is 0.830. The minimum Gasteiger partial charge on any atom is -0.385 e. The van der Waals surface area contributed by atoms with Crippen LogP contribution in [0.5, 0.6) is 0 Å². The van der Waals surface area contributed by atoms with Crippen molar-refractivity contribution in [2.75, 3.05) is 25.4 Å². The standard InChI is InChI=1S/C13H21N3O/c1-2-8-16-9-5-13(17,6-10-16)11-4-3-7-15-12(11)14/h3-4,7,17H,2,5-6,8-10H2,1H3,(H2,14,15). The molecule has 4 nitrogen and oxygen atoms in total. The first-order valence-corrected chi connectivity index (χ1v) is 6.31. The second kappa shape index (κ2) is 5.02. The van der Waals surface area contributed by atoms with Gasteiger partial charge in [-0.3, -0.25) is 0 Å². The Morgan fingerprint density at radius 3 is 2.76 bits per heavy atom. The maximum Gasteiger partial charge on any atom is 0.129 e. The molecule has 1 fully saturated rings. The molecule has 0 unspecified atom stereocenters. The highest BCUT2D eigenvalue weighted by atomic mass is 16.3. The highest BCUT2D eigenvalue weighted by Gasteiger charge is 2.35. The summed E-state index contributed by atoms with van der Waals surface area (Å²) in [6.07, 6.45) is 4.30. The van der Waals surface area contributed by atoms with Gasteiger partial charge in [0.05, 0.1) is 5.60 Å². The molecule has 0 atom stereocenters. The van der Waals surface area contributed by atoms with E-state index in [1.165, 1.54) is 0 Å². The minimum absolute atomic E-state index is 0.457. The molecule has 0 aromatic carbocycles. The van der Waals surface area contributed by atoms with Crippen molar-refractivity contribution >= 4 is 5.82 Å². The Labute approximate surface area is 102 Å². The van der Waals surface area contributed by atoms with Crippen LogP contribution in [-0.4, -0.2) is 34.6 Å². The van der Waals surface area contributed by atoms with Crippen LogP contribution in [0.3, 0.4) is 0 Å². The van der Waals surface area contributed by atoms with E-state index in [1.807, 2.05) is 12.1 Å². The summed E-state index contributed by atoms with van der Waals surface area (Å²) < 4.78 is 0. The Hall–Kier alpha value is -1.13. The lowest BCUT2D eigenvalue weighted by molar-refractivity contribution is -0.0253. The predicted molar refractivity (Wildman–Crippen MR) is 68.5 cm³/mol. The number of aliphatic hydroxyl groups is 1. The van der Waals surface area contributed by atoms with Gasteiger partial charge >= 0.3 is 0 Å². The van der Waals surface area contributed by atoms with E-state index in [4.69, 9.17) is 5.73 Å². The first-order valence-electron chi connectivity index (χ1n) is 6.31. The molecule has 0 spiro atoms. The predicted octanol–water partition coefficient (Wildman–Crippen LogP) is 1.36. The van der Waals surface area contributed by atoms with Crippen LogP contribution in [0.1, 0.15) is 31.7 Å². The van der Waals surface area contributed by atoms with Gasteiger partial charge in [0.15, 0.2) is 0 Å². The fraction of sp³-hybridized carbons (Fsp3) is 0.615. The van der Waals surface area contributed by atoms with E-state index in [0.717, 1.165) is 44.5 Å². The molecule has 94 valence electrons. The number of aromatic nitrogens is 1. The summed E-state index contributed by atoms with van der Waals surface area (Å²) in [5.41, 5.74) is 5.84. The van der Waals surface area contributed by atoms with E-state index in [-0.39, 0.29) is 0 Å². The Morgan fingerprint density at radius 1 is 1.47 bits per heavy atom. The fourth-order valence-electron chi connectivity index (χ4n) is 2.54. The van der Waals surface area contributed by atoms with E-state index in [9.17, 15) is 5.11 Å². The van der Waals surface area contributed by atoms with Gasteiger partial charge < -0.3 is 15.7 Å². The van der Waals surface area contributed by atoms with Gasteiger partial charge in [0.1, 0.15) is 5.82 Å². The Morgan fingerprint density at radius 2 is 2.18 bits per heavy atom. The number of nitrogens with zero attached hydrogens (tertiary/aromatic N) is 2. The highest BCUT2D eigenvalue weighted by molar-refractivity contribution is 5.43. The smallest absolute Gasteiger partial charge is 0.129 e. The molecule has 1 aromatic rings. The molecular weight excluding hydrogens is 214 g/mol. The Kier molecular flexibility index (Phi) is 3.64. The van der Waals surface area contributed by atoms with E-state index >= 15 is 0 Å². The van der Waals surface area contributed by atoms with Crippen LogP contribution in [0.25, 0.3) is 0 Å². The van der Waals surface area contributed by atoms with Crippen LogP contribution in [0, 0.1) is 0 Å². The third-order valence-corrected chi connectivity index (χ3v) is 3.56. The van der Waals surface area contributed by atoms with E-state index < -0.39 is 5.60 Å². The number of nitrogen functional groups attached to an aromatic ring is 1. The molecule has 1 saturated heterocycles. The lowest BCUT2D eigenvalue weighted by atomic mass is 9.84. The number of piperidine rings is 1. The summed E-state index contributed by atoms with van der Waals surface area (Å²) in [4.78, 5) is 6.45. The summed E-state index contributed by atoms with van der Waals surface area (Å²) in [6.45, 7) is 5.15. The first-order chi connectivity index (χ1) is 8.15. The molecule has 1 aliphatic heterocycles. The lowest BCUT2D eigenvalue weighted by Crippen LogP contribution is -2.43. The van der Waals surface area contributed by atoms with E-state index in [2.05, 4.69) is 16.8 Å². The summed E-state index contributed by atoms with van der Waals surface area (Å²) >= 11 is 0. The average molecular weight is 235 g/mol. The van der Waals surface area contributed by atoms with Gasteiger partial charge in [0, 0.05) is 24.8 Å². The third kappa shape index (κ3) is 2.58. The van der Waals surface area contributed by atoms with Gasteiger partial charge in [0.25, 0.3) is 0 Å².